The van der Waals surface area contributed by atoms with Gasteiger partial charge in [-0.15, -0.1) is 0 Å². The lowest BCUT2D eigenvalue weighted by atomic mass is 10.1. The Kier molecular flexibility index (Phi) is 5.80. The van der Waals surface area contributed by atoms with Crippen LogP contribution in [-0.2, 0) is 4.79 Å². The zero-order valence-electron chi connectivity index (χ0n) is 14.6. The molecule has 1 fully saturated rings. The number of rotatable bonds is 7. The quantitative estimate of drug-likeness (QED) is 0.655. The number of benzene rings is 2. The number of amides is 3. The summed E-state index contributed by atoms with van der Waals surface area (Å²) in [5.41, 5.74) is 1.15. The first-order chi connectivity index (χ1) is 13.0. The second kappa shape index (κ2) is 8.44. The third-order valence-electron chi connectivity index (χ3n) is 4.15. The Balaban J connectivity index is 1.46. The molecule has 2 aromatic carbocycles. The van der Waals surface area contributed by atoms with Gasteiger partial charge in [0.2, 0.25) is 5.91 Å². The summed E-state index contributed by atoms with van der Waals surface area (Å²) < 4.78 is 13.2. The van der Waals surface area contributed by atoms with Crippen LogP contribution in [0.5, 0.6) is 0 Å². The van der Waals surface area contributed by atoms with Crippen LogP contribution in [0.25, 0.3) is 0 Å². The maximum absolute atomic E-state index is 13.2. The van der Waals surface area contributed by atoms with Crippen molar-refractivity contribution in [2.45, 2.75) is 12.8 Å². The molecule has 3 N–H and O–H groups in total. The van der Waals surface area contributed by atoms with Crippen molar-refractivity contribution >= 4 is 23.4 Å². The van der Waals surface area contributed by atoms with Crippen molar-refractivity contribution < 1.29 is 18.8 Å². The lowest BCUT2D eigenvalue weighted by molar-refractivity contribution is -0.122. The van der Waals surface area contributed by atoms with Crippen LogP contribution in [-0.4, -0.2) is 30.8 Å². The molecule has 27 heavy (non-hydrogen) atoms. The second-order valence-corrected chi connectivity index (χ2v) is 6.36. The van der Waals surface area contributed by atoms with Crippen molar-refractivity contribution in [2.24, 2.45) is 5.92 Å². The molecule has 7 heteroatoms. The molecule has 140 valence electrons. The summed E-state index contributed by atoms with van der Waals surface area (Å²) in [4.78, 5) is 35.6. The molecule has 0 atom stereocenters. The summed E-state index contributed by atoms with van der Waals surface area (Å²) in [6.07, 6.45) is 1.89. The number of hydrogen-bond acceptors (Lipinski definition) is 3. The van der Waals surface area contributed by atoms with E-state index >= 15 is 0 Å². The number of nitrogens with one attached hydrogen (secondary N) is 3. The highest BCUT2D eigenvalue weighted by atomic mass is 19.1. The Morgan fingerprint density at radius 1 is 0.889 bits per heavy atom. The molecular weight excluding hydrogens is 349 g/mol. The maximum Gasteiger partial charge on any atom is 0.255 e. The number of carbonyl (C=O) groups excluding carboxylic acids is 3. The Bertz CT molecular complexity index is 848. The van der Waals surface area contributed by atoms with Gasteiger partial charge in [0.15, 0.2) is 0 Å². The molecular formula is C20H20FN3O3. The van der Waals surface area contributed by atoms with Crippen LogP contribution in [0.1, 0.15) is 33.6 Å². The average Bonchev–Trinajstić information content (AvgIpc) is 3.51. The molecule has 0 heterocycles. The highest BCUT2D eigenvalue weighted by molar-refractivity contribution is 6.04. The van der Waals surface area contributed by atoms with Crippen molar-refractivity contribution in [3.05, 3.63) is 65.5 Å². The number of anilines is 1. The number of carbonyl (C=O) groups is 3. The van der Waals surface area contributed by atoms with Gasteiger partial charge in [0, 0.05) is 35.8 Å². The van der Waals surface area contributed by atoms with Crippen LogP contribution < -0.4 is 16.0 Å². The minimum atomic E-state index is -0.483. The van der Waals surface area contributed by atoms with E-state index in [0.29, 0.717) is 24.3 Å². The predicted octanol–water partition coefficient (Wildman–Crippen LogP) is 2.33. The predicted molar refractivity (Wildman–Crippen MR) is 98.9 cm³/mol. The molecule has 0 spiro atoms. The van der Waals surface area contributed by atoms with Gasteiger partial charge in [-0.05, 0) is 55.3 Å². The highest BCUT2D eigenvalue weighted by Gasteiger charge is 2.28. The summed E-state index contributed by atoms with van der Waals surface area (Å²) in [6.45, 7) is 0.734. The Labute approximate surface area is 156 Å². The smallest absolute Gasteiger partial charge is 0.255 e. The molecule has 0 aliphatic heterocycles. The first-order valence-electron chi connectivity index (χ1n) is 8.76. The lowest BCUT2D eigenvalue weighted by Crippen LogP contribution is -2.35. The zero-order valence-corrected chi connectivity index (χ0v) is 14.6. The van der Waals surface area contributed by atoms with Gasteiger partial charge >= 0.3 is 0 Å². The molecule has 1 aliphatic rings. The Morgan fingerprint density at radius 2 is 1.59 bits per heavy atom. The Hall–Kier alpha value is -3.22. The van der Waals surface area contributed by atoms with Gasteiger partial charge in [-0.25, -0.2) is 4.39 Å². The summed E-state index contributed by atoms with van der Waals surface area (Å²) >= 11 is 0. The maximum atomic E-state index is 13.2. The molecule has 1 aliphatic carbocycles. The van der Waals surface area contributed by atoms with Crippen LogP contribution in [0.15, 0.2) is 48.5 Å². The topological polar surface area (TPSA) is 87.3 Å². The third-order valence-corrected chi connectivity index (χ3v) is 4.15. The fourth-order valence-electron chi connectivity index (χ4n) is 2.49. The van der Waals surface area contributed by atoms with Crippen LogP contribution in [0, 0.1) is 11.7 Å². The highest BCUT2D eigenvalue weighted by Crippen LogP contribution is 2.28. The normalized spacial score (nSPS) is 12.9. The van der Waals surface area contributed by atoms with Crippen molar-refractivity contribution in [1.29, 1.82) is 0 Å². The molecule has 0 radical (unpaired) electrons. The minimum Gasteiger partial charge on any atom is -0.354 e. The summed E-state index contributed by atoms with van der Waals surface area (Å²) in [5, 5.41) is 8.15. The van der Waals surface area contributed by atoms with E-state index in [1.54, 1.807) is 24.3 Å². The van der Waals surface area contributed by atoms with E-state index in [0.717, 1.165) is 18.9 Å². The van der Waals surface area contributed by atoms with Gasteiger partial charge in [0.1, 0.15) is 5.82 Å². The molecule has 6 nitrogen and oxygen atoms in total. The first kappa shape index (κ1) is 18.6. The molecule has 0 aromatic heterocycles. The standard InChI is InChI=1S/C20H20FN3O3/c21-16-3-1-2-15(12-16)20(27)24-17-8-6-14(7-9-17)19(26)23-11-10-22-18(25)13-4-5-13/h1-3,6-9,12-13H,4-5,10-11H2,(H,22,25)(H,23,26)(H,24,27). The van der Waals surface area contributed by atoms with Gasteiger partial charge in [0.05, 0.1) is 0 Å². The van der Waals surface area contributed by atoms with E-state index in [4.69, 9.17) is 0 Å². The molecule has 3 amide bonds. The van der Waals surface area contributed by atoms with Crippen LogP contribution in [0.4, 0.5) is 10.1 Å². The van der Waals surface area contributed by atoms with Gasteiger partial charge in [-0.3, -0.25) is 14.4 Å². The average molecular weight is 369 g/mol. The second-order valence-electron chi connectivity index (χ2n) is 6.36. The zero-order chi connectivity index (χ0) is 19.2. The Morgan fingerprint density at radius 3 is 2.26 bits per heavy atom. The monoisotopic (exact) mass is 369 g/mol. The van der Waals surface area contributed by atoms with Crippen molar-refractivity contribution in [1.82, 2.24) is 10.6 Å². The third kappa shape index (κ3) is 5.37. The van der Waals surface area contributed by atoms with E-state index in [-0.39, 0.29) is 23.3 Å². The summed E-state index contributed by atoms with van der Waals surface area (Å²) in [7, 11) is 0. The minimum absolute atomic E-state index is 0.0441. The van der Waals surface area contributed by atoms with Crippen molar-refractivity contribution in [3.63, 3.8) is 0 Å². The number of hydrogen-bond donors (Lipinski definition) is 3. The van der Waals surface area contributed by atoms with E-state index in [2.05, 4.69) is 16.0 Å². The van der Waals surface area contributed by atoms with Gasteiger partial charge in [-0.1, -0.05) is 6.07 Å². The molecule has 0 unspecified atom stereocenters. The van der Waals surface area contributed by atoms with Gasteiger partial charge in [0.25, 0.3) is 11.8 Å². The van der Waals surface area contributed by atoms with Gasteiger partial charge in [-0.2, -0.15) is 0 Å². The first-order valence-corrected chi connectivity index (χ1v) is 8.76. The molecule has 3 rings (SSSR count). The lowest BCUT2D eigenvalue weighted by Gasteiger charge is -2.08. The molecule has 2 aromatic rings. The number of halogens is 1. The molecule has 0 saturated heterocycles. The fraction of sp³-hybridized carbons (Fsp3) is 0.250. The van der Waals surface area contributed by atoms with Crippen LogP contribution in [0.3, 0.4) is 0 Å². The van der Waals surface area contributed by atoms with Crippen molar-refractivity contribution in [2.75, 3.05) is 18.4 Å². The van der Waals surface area contributed by atoms with E-state index < -0.39 is 11.7 Å². The molecule has 1 saturated carbocycles. The molecule has 0 bridgehead atoms. The van der Waals surface area contributed by atoms with Crippen LogP contribution in [0.2, 0.25) is 0 Å². The fourth-order valence-corrected chi connectivity index (χ4v) is 2.49. The van der Waals surface area contributed by atoms with Gasteiger partial charge < -0.3 is 16.0 Å². The van der Waals surface area contributed by atoms with E-state index in [9.17, 15) is 18.8 Å². The van der Waals surface area contributed by atoms with Crippen molar-refractivity contribution in [3.8, 4) is 0 Å². The van der Waals surface area contributed by atoms with E-state index in [1.165, 1.54) is 18.2 Å². The summed E-state index contributed by atoms with van der Waals surface area (Å²) in [6, 6.07) is 11.8. The van der Waals surface area contributed by atoms with Crippen LogP contribution >= 0.6 is 0 Å². The SMILES string of the molecule is O=C(NCCNC(=O)C1CC1)c1ccc(NC(=O)c2cccc(F)c2)cc1. The summed E-state index contributed by atoms with van der Waals surface area (Å²) in [5.74, 6) is -0.988. The van der Waals surface area contributed by atoms with E-state index in [1.807, 2.05) is 0 Å². The largest absolute Gasteiger partial charge is 0.354 e.